The first-order valence-corrected chi connectivity index (χ1v) is 8.19. The molecule has 122 valence electrons. The number of rotatable bonds is 8. The largest absolute Gasteiger partial charge is 0.396 e. The lowest BCUT2D eigenvalue weighted by Gasteiger charge is -2.15. The summed E-state index contributed by atoms with van der Waals surface area (Å²) in [5.74, 6) is 1.60. The molecule has 21 heavy (non-hydrogen) atoms. The number of guanidine groups is 1. The van der Waals surface area contributed by atoms with E-state index in [9.17, 15) is 0 Å². The predicted octanol–water partition coefficient (Wildman–Crippen LogP) is 2.73. The third-order valence-electron chi connectivity index (χ3n) is 2.96. The molecular formula is C15H28IN3OS. The molecule has 3 N–H and O–H groups in total. The molecule has 0 saturated carbocycles. The summed E-state index contributed by atoms with van der Waals surface area (Å²) >= 11 is 1.81. The maximum atomic E-state index is 9.04. The molecule has 0 radical (unpaired) electrons. The molecule has 2 atom stereocenters. The summed E-state index contributed by atoms with van der Waals surface area (Å²) in [7, 11) is 0. The number of nitrogens with one attached hydrogen (secondary N) is 2. The number of halogens is 1. The van der Waals surface area contributed by atoms with Crippen molar-refractivity contribution >= 4 is 41.3 Å². The molecule has 0 aliphatic heterocycles. The topological polar surface area (TPSA) is 56.7 Å². The van der Waals surface area contributed by atoms with Gasteiger partial charge in [0.1, 0.15) is 0 Å². The van der Waals surface area contributed by atoms with E-state index in [0.29, 0.717) is 5.92 Å². The van der Waals surface area contributed by atoms with Crippen LogP contribution in [0.5, 0.6) is 0 Å². The average molecular weight is 425 g/mol. The maximum absolute atomic E-state index is 9.04. The van der Waals surface area contributed by atoms with E-state index in [2.05, 4.69) is 47.0 Å². The minimum absolute atomic E-state index is 0. The van der Waals surface area contributed by atoms with Gasteiger partial charge in [-0.2, -0.15) is 0 Å². The second kappa shape index (κ2) is 12.2. The zero-order chi connectivity index (χ0) is 14.8. The van der Waals surface area contributed by atoms with Gasteiger partial charge in [-0.25, -0.2) is 0 Å². The Morgan fingerprint density at radius 3 is 2.67 bits per heavy atom. The van der Waals surface area contributed by atoms with Gasteiger partial charge in [-0.05, 0) is 36.6 Å². The molecule has 0 spiro atoms. The van der Waals surface area contributed by atoms with Crippen LogP contribution in [0.2, 0.25) is 0 Å². The molecule has 0 saturated heterocycles. The van der Waals surface area contributed by atoms with Crippen molar-refractivity contribution < 1.29 is 5.11 Å². The second-order valence-electron chi connectivity index (χ2n) is 5.28. The predicted molar refractivity (Wildman–Crippen MR) is 103 cm³/mol. The van der Waals surface area contributed by atoms with Crippen LogP contribution in [-0.2, 0) is 6.42 Å². The lowest BCUT2D eigenvalue weighted by Crippen LogP contribution is -2.40. The van der Waals surface area contributed by atoms with Gasteiger partial charge >= 0.3 is 0 Å². The van der Waals surface area contributed by atoms with Crippen LogP contribution in [0.3, 0.4) is 0 Å². The number of aliphatic hydroxyl groups excluding tert-OH is 1. The molecule has 0 fully saturated rings. The molecule has 2 unspecified atom stereocenters. The van der Waals surface area contributed by atoms with Gasteiger partial charge in [0, 0.05) is 31.1 Å². The highest BCUT2D eigenvalue weighted by Crippen LogP contribution is 2.14. The summed E-state index contributed by atoms with van der Waals surface area (Å²) in [4.78, 5) is 6.03. The highest BCUT2D eigenvalue weighted by molar-refractivity contribution is 14.0. The molecule has 0 aliphatic carbocycles. The van der Waals surface area contributed by atoms with E-state index in [-0.39, 0.29) is 36.5 Å². The second-order valence-corrected chi connectivity index (χ2v) is 6.31. The van der Waals surface area contributed by atoms with Crippen LogP contribution in [0.4, 0.5) is 0 Å². The maximum Gasteiger partial charge on any atom is 0.191 e. The minimum Gasteiger partial charge on any atom is -0.396 e. The fourth-order valence-corrected chi connectivity index (χ4v) is 2.63. The summed E-state index contributed by atoms with van der Waals surface area (Å²) in [5, 5.41) is 17.7. The number of nitrogens with zero attached hydrogens (tertiary/aromatic N) is 1. The molecule has 1 aromatic heterocycles. The Kier molecular flexibility index (Phi) is 12.0. The van der Waals surface area contributed by atoms with Crippen LogP contribution >= 0.6 is 35.3 Å². The Hall–Kier alpha value is -0.340. The third kappa shape index (κ3) is 9.31. The quantitative estimate of drug-likeness (QED) is 0.341. The van der Waals surface area contributed by atoms with Crippen LogP contribution in [0, 0.1) is 11.8 Å². The molecule has 1 heterocycles. The van der Waals surface area contributed by atoms with E-state index in [1.54, 1.807) is 11.3 Å². The molecule has 0 aromatic carbocycles. The van der Waals surface area contributed by atoms with E-state index < -0.39 is 0 Å². The Balaban J connectivity index is 0.00000400. The van der Waals surface area contributed by atoms with E-state index in [4.69, 9.17) is 5.11 Å². The Labute approximate surface area is 149 Å². The minimum atomic E-state index is 0. The van der Waals surface area contributed by atoms with Crippen LogP contribution in [0.25, 0.3) is 0 Å². The van der Waals surface area contributed by atoms with Gasteiger partial charge in [-0.15, -0.1) is 35.3 Å². The SMILES string of the molecule is CCNC(=NCC(C)Cc1cccs1)NCC(C)CO.I. The van der Waals surface area contributed by atoms with Gasteiger partial charge in [0.2, 0.25) is 0 Å². The molecule has 4 nitrogen and oxygen atoms in total. The molecule has 1 rings (SSSR count). The van der Waals surface area contributed by atoms with Gasteiger partial charge in [-0.1, -0.05) is 19.9 Å². The Bertz CT molecular complexity index is 384. The van der Waals surface area contributed by atoms with Crippen molar-refractivity contribution in [1.82, 2.24) is 10.6 Å². The summed E-state index contributed by atoms with van der Waals surface area (Å²) in [6.07, 6.45) is 1.08. The van der Waals surface area contributed by atoms with E-state index >= 15 is 0 Å². The Morgan fingerprint density at radius 1 is 1.33 bits per heavy atom. The van der Waals surface area contributed by atoms with Gasteiger partial charge in [-0.3, -0.25) is 4.99 Å². The third-order valence-corrected chi connectivity index (χ3v) is 3.86. The van der Waals surface area contributed by atoms with E-state index in [1.165, 1.54) is 4.88 Å². The van der Waals surface area contributed by atoms with Crippen LogP contribution in [0.1, 0.15) is 25.6 Å². The first-order valence-electron chi connectivity index (χ1n) is 7.31. The monoisotopic (exact) mass is 425 g/mol. The summed E-state index contributed by atoms with van der Waals surface area (Å²) in [6.45, 7) is 8.88. The number of aliphatic imine (C=N–C) groups is 1. The zero-order valence-electron chi connectivity index (χ0n) is 13.1. The molecule has 6 heteroatoms. The lowest BCUT2D eigenvalue weighted by molar-refractivity contribution is 0.238. The normalized spacial score (nSPS) is 14.2. The van der Waals surface area contributed by atoms with Crippen LogP contribution in [0.15, 0.2) is 22.5 Å². The molecule has 0 amide bonds. The summed E-state index contributed by atoms with van der Waals surface area (Å²) in [5.41, 5.74) is 0. The van der Waals surface area contributed by atoms with Crippen molar-refractivity contribution in [3.8, 4) is 0 Å². The van der Waals surface area contributed by atoms with Crippen molar-refractivity contribution in [2.24, 2.45) is 16.8 Å². The van der Waals surface area contributed by atoms with Gasteiger partial charge in [0.25, 0.3) is 0 Å². The molecule has 1 aromatic rings. The lowest BCUT2D eigenvalue weighted by atomic mass is 10.1. The average Bonchev–Trinajstić information content (AvgIpc) is 2.94. The van der Waals surface area contributed by atoms with Gasteiger partial charge < -0.3 is 15.7 Å². The van der Waals surface area contributed by atoms with Crippen molar-refractivity contribution in [1.29, 1.82) is 0 Å². The first-order chi connectivity index (χ1) is 9.65. The van der Waals surface area contributed by atoms with E-state index in [1.807, 2.05) is 6.92 Å². The fourth-order valence-electron chi connectivity index (χ4n) is 1.76. The number of hydrogen-bond acceptors (Lipinski definition) is 3. The van der Waals surface area contributed by atoms with E-state index in [0.717, 1.165) is 32.0 Å². The Morgan fingerprint density at radius 2 is 2.10 bits per heavy atom. The number of thiophene rings is 1. The van der Waals surface area contributed by atoms with Gasteiger partial charge in [0.05, 0.1) is 0 Å². The van der Waals surface area contributed by atoms with Gasteiger partial charge in [0.15, 0.2) is 5.96 Å². The highest BCUT2D eigenvalue weighted by atomic mass is 127. The van der Waals surface area contributed by atoms with Crippen LogP contribution < -0.4 is 10.6 Å². The van der Waals surface area contributed by atoms with Crippen molar-refractivity contribution in [2.75, 3.05) is 26.2 Å². The molecular weight excluding hydrogens is 397 g/mol. The van der Waals surface area contributed by atoms with Crippen molar-refractivity contribution in [3.63, 3.8) is 0 Å². The number of aliphatic hydroxyl groups is 1. The number of hydrogen-bond donors (Lipinski definition) is 3. The fraction of sp³-hybridized carbons (Fsp3) is 0.667. The molecule has 0 aliphatic rings. The zero-order valence-corrected chi connectivity index (χ0v) is 16.3. The summed E-state index contributed by atoms with van der Waals surface area (Å²) in [6, 6.07) is 4.27. The smallest absolute Gasteiger partial charge is 0.191 e. The van der Waals surface area contributed by atoms with Crippen molar-refractivity contribution in [2.45, 2.75) is 27.2 Å². The summed E-state index contributed by atoms with van der Waals surface area (Å²) < 4.78 is 0. The molecule has 0 bridgehead atoms. The van der Waals surface area contributed by atoms with Crippen molar-refractivity contribution in [3.05, 3.63) is 22.4 Å². The standard InChI is InChI=1S/C15H27N3OS.HI/c1-4-16-15(18-10-13(3)11-19)17-9-12(2)8-14-6-5-7-20-14;/h5-7,12-13,19H,4,8-11H2,1-3H3,(H2,16,17,18);1H. The van der Waals surface area contributed by atoms with Crippen LogP contribution in [-0.4, -0.2) is 37.3 Å². The first kappa shape index (κ1) is 20.7. The highest BCUT2D eigenvalue weighted by Gasteiger charge is 2.06.